The molecule has 0 aliphatic heterocycles. The van der Waals surface area contributed by atoms with E-state index in [2.05, 4.69) is 378 Å². The van der Waals surface area contributed by atoms with E-state index < -0.39 is 0 Å². The van der Waals surface area contributed by atoms with Crippen molar-refractivity contribution in [3.05, 3.63) is 359 Å². The summed E-state index contributed by atoms with van der Waals surface area (Å²) in [6.45, 7) is 67.5. The number of aryl methyl sites for hydroxylation is 22. The third-order valence-corrected chi connectivity index (χ3v) is 21.8. The molecule has 0 heterocycles. The van der Waals surface area contributed by atoms with Gasteiger partial charge in [-0.3, -0.25) is 0 Å². The van der Waals surface area contributed by atoms with Crippen LogP contribution >= 0.6 is 0 Å². The zero-order valence-electron chi connectivity index (χ0n) is 67.5. The van der Waals surface area contributed by atoms with Crippen molar-refractivity contribution in [1.29, 1.82) is 0 Å². The van der Waals surface area contributed by atoms with Crippen LogP contribution in [0.25, 0.3) is 22.3 Å². The van der Waals surface area contributed by atoms with Crippen LogP contribution in [0.4, 0.5) is 0 Å². The minimum Gasteiger partial charge on any atom is -0.0617 e. The molecule has 0 radical (unpaired) electrons. The molecule has 0 spiro atoms. The highest BCUT2D eigenvalue weighted by molar-refractivity contribution is 5.72. The molecule has 0 atom stereocenters. The molecule has 99 heavy (non-hydrogen) atoms. The fourth-order valence-corrected chi connectivity index (χ4v) is 12.3. The second-order valence-corrected chi connectivity index (χ2v) is 29.4. The van der Waals surface area contributed by atoms with Crippen LogP contribution in [0, 0.1) is 215 Å². The van der Waals surface area contributed by atoms with Crippen LogP contribution in [0.3, 0.4) is 0 Å². The van der Waals surface area contributed by atoms with E-state index in [0.29, 0.717) is 0 Å². The molecule has 0 saturated heterocycles. The predicted octanol–water partition coefficient (Wildman–Crippen LogP) is 27.9. The molecule has 0 aliphatic rings. The zero-order chi connectivity index (χ0) is 74.0. The van der Waals surface area contributed by atoms with Gasteiger partial charge in [0.1, 0.15) is 0 Å². The van der Waals surface area contributed by atoms with Crippen molar-refractivity contribution in [1.82, 2.24) is 0 Å². The Morgan fingerprint density at radius 2 is 0.434 bits per heavy atom. The largest absolute Gasteiger partial charge is 0.0617 e. The summed E-state index contributed by atoms with van der Waals surface area (Å²) in [4.78, 5) is 0. The van der Waals surface area contributed by atoms with Gasteiger partial charge < -0.3 is 0 Å². The van der Waals surface area contributed by atoms with Gasteiger partial charge in [0.25, 0.3) is 0 Å². The minimum absolute atomic E-state index is 1.03. The van der Waals surface area contributed by atoms with Gasteiger partial charge in [-0.15, -0.1) is 0 Å². The van der Waals surface area contributed by atoms with Crippen molar-refractivity contribution in [2.75, 3.05) is 0 Å². The van der Waals surface area contributed by atoms with Gasteiger partial charge in [0, 0.05) is 0 Å². The highest BCUT2D eigenvalue weighted by Crippen LogP contribution is 2.32. The maximum Gasteiger partial charge on any atom is -0.00228 e. The normalized spacial score (nSPS) is 10.5. The molecule has 0 aliphatic carbocycles. The Kier molecular flexibility index (Phi) is 30.3. The number of benzene rings is 11. The fraction of sp³-hybridized carbons (Fsp3) is 0.333. The molecule has 0 amide bonds. The standard InChI is InChI=1S/C19H24.2C18H22.C17H20.3C9H12/c1-12-7-8-19(17(6)16(12)5)11-18-9-13(2)15(4)14(3)10-18;1-11-7-17(8-12(2)15(11)5)18-9-13(3)16(6)14(4)10-18;1-11-7-8-18(16(6)15(11)5)17-9-12(2)14(4)13(3)10-17;1-12-5-7-16(9-14(12)3)11-17-8-6-13(2)15(4)10-17;2*1-7-4-5-8(2)9(3)6-7;1-7-5-4-6-8(2)9(7)3/h7-10H,11H2,1-6H3;2*7-10H,1-6H3;5-10H,11H2,1-4H3;3*4-6H,1-3H3. The van der Waals surface area contributed by atoms with Gasteiger partial charge in [-0.25, -0.2) is 0 Å². The molecule has 11 aromatic carbocycles. The van der Waals surface area contributed by atoms with E-state index in [-0.39, 0.29) is 0 Å². The lowest BCUT2D eigenvalue weighted by Gasteiger charge is -2.14. The van der Waals surface area contributed by atoms with Gasteiger partial charge in [0.2, 0.25) is 0 Å². The van der Waals surface area contributed by atoms with E-state index in [1.54, 1.807) is 0 Å². The van der Waals surface area contributed by atoms with E-state index in [4.69, 9.17) is 0 Å². The Labute approximate surface area is 604 Å². The molecule has 0 nitrogen and oxygen atoms in total. The fourth-order valence-electron chi connectivity index (χ4n) is 12.3. The van der Waals surface area contributed by atoms with Crippen molar-refractivity contribution < 1.29 is 0 Å². The molecule has 0 bridgehead atoms. The van der Waals surface area contributed by atoms with Gasteiger partial charge in [0.05, 0.1) is 0 Å². The first-order valence-electron chi connectivity index (χ1n) is 36.1. The number of rotatable bonds is 6. The maximum atomic E-state index is 2.33. The monoisotopic (exact) mass is 1310 g/mol. The lowest BCUT2D eigenvalue weighted by molar-refractivity contribution is 1.10. The quantitative estimate of drug-likeness (QED) is 0.156. The third-order valence-electron chi connectivity index (χ3n) is 21.8. The van der Waals surface area contributed by atoms with Crippen LogP contribution < -0.4 is 0 Å². The van der Waals surface area contributed by atoms with E-state index in [9.17, 15) is 0 Å². The summed E-state index contributed by atoms with van der Waals surface area (Å²) in [5, 5.41) is 0. The molecule has 11 aromatic rings. The zero-order valence-corrected chi connectivity index (χ0v) is 67.5. The number of hydrogen-bond donors (Lipinski definition) is 0. The molecule has 0 saturated carbocycles. The van der Waals surface area contributed by atoms with Gasteiger partial charge in [0.15, 0.2) is 0 Å². The molecule has 0 unspecified atom stereocenters. The lowest BCUT2D eigenvalue weighted by Crippen LogP contribution is -1.98. The van der Waals surface area contributed by atoms with Crippen molar-refractivity contribution in [3.63, 3.8) is 0 Å². The van der Waals surface area contributed by atoms with Crippen LogP contribution in [-0.4, -0.2) is 0 Å². The minimum atomic E-state index is 1.03. The first-order chi connectivity index (χ1) is 46.4. The highest BCUT2D eigenvalue weighted by atomic mass is 14.2. The van der Waals surface area contributed by atoms with Crippen molar-refractivity contribution >= 4 is 0 Å². The SMILES string of the molecule is Cc1cc(-c2cc(C)c(C)c(C)c2)cc(C)c1C.Cc1cc(-c2ccc(C)c(C)c2C)cc(C)c1C.Cc1cc(Cc2ccc(C)c(C)c2C)cc(C)c1C.Cc1ccc(C)c(C)c1.Cc1ccc(C)c(C)c1.Cc1ccc(Cc2ccc(C)c(C)c2)cc1C.Cc1cccc(C)c1C. The predicted molar refractivity (Wildman–Crippen MR) is 441 cm³/mol. The third kappa shape index (κ3) is 23.3. The lowest BCUT2D eigenvalue weighted by atomic mass is 9.91. The summed E-state index contributed by atoms with van der Waals surface area (Å²) >= 11 is 0. The molecule has 0 N–H and O–H groups in total. The van der Waals surface area contributed by atoms with E-state index >= 15 is 0 Å². The smallest absolute Gasteiger partial charge is 0.00228 e. The maximum absolute atomic E-state index is 2.33. The van der Waals surface area contributed by atoms with Gasteiger partial charge in [-0.1, -0.05) is 175 Å². The van der Waals surface area contributed by atoms with Gasteiger partial charge in [-0.2, -0.15) is 0 Å². The van der Waals surface area contributed by atoms with E-state index in [1.807, 2.05) is 0 Å². The molecule has 11 rings (SSSR count). The van der Waals surface area contributed by atoms with E-state index in [0.717, 1.165) is 12.8 Å². The molecular weight excluding hydrogens is 1190 g/mol. The Hall–Kier alpha value is -8.58. The molecular formula is C99H124. The number of hydrogen-bond acceptors (Lipinski definition) is 0. The van der Waals surface area contributed by atoms with Crippen LogP contribution in [0.1, 0.15) is 195 Å². The van der Waals surface area contributed by atoms with Crippen LogP contribution in [0.15, 0.2) is 164 Å². The molecule has 520 valence electrons. The van der Waals surface area contributed by atoms with Crippen LogP contribution in [0.5, 0.6) is 0 Å². The topological polar surface area (TPSA) is 0 Å². The van der Waals surface area contributed by atoms with Gasteiger partial charge >= 0.3 is 0 Å². The van der Waals surface area contributed by atoms with Crippen molar-refractivity contribution in [3.8, 4) is 22.3 Å². The summed E-state index contributed by atoms with van der Waals surface area (Å²) in [5.74, 6) is 0. The Bertz CT molecular complexity index is 4310. The van der Waals surface area contributed by atoms with Gasteiger partial charge in [-0.05, 0) is 433 Å². The van der Waals surface area contributed by atoms with Crippen molar-refractivity contribution in [2.45, 2.75) is 227 Å². The Morgan fingerprint density at radius 3 is 0.768 bits per heavy atom. The van der Waals surface area contributed by atoms with Crippen LogP contribution in [0.2, 0.25) is 0 Å². The molecule has 0 heteroatoms. The first kappa shape index (κ1) is 81.1. The summed E-state index contributed by atoms with van der Waals surface area (Å²) in [5.41, 5.74) is 54.1. The summed E-state index contributed by atoms with van der Waals surface area (Å²) in [6.07, 6.45) is 2.07. The summed E-state index contributed by atoms with van der Waals surface area (Å²) < 4.78 is 0. The van der Waals surface area contributed by atoms with Crippen molar-refractivity contribution in [2.24, 2.45) is 0 Å². The Morgan fingerprint density at radius 1 is 0.162 bits per heavy atom. The molecule has 0 aromatic heterocycles. The average molecular weight is 1310 g/mol. The summed E-state index contributed by atoms with van der Waals surface area (Å²) in [7, 11) is 0. The first-order valence-corrected chi connectivity index (χ1v) is 36.1. The highest BCUT2D eigenvalue weighted by Gasteiger charge is 2.12. The summed E-state index contributed by atoms with van der Waals surface area (Å²) in [6, 6.07) is 60.3. The second kappa shape index (κ2) is 37.0. The second-order valence-electron chi connectivity index (χ2n) is 29.4. The Balaban J connectivity index is 0.000000213. The molecule has 0 fully saturated rings. The average Bonchev–Trinajstić information content (AvgIpc) is 0.831. The van der Waals surface area contributed by atoms with E-state index in [1.165, 1.54) is 217 Å². The van der Waals surface area contributed by atoms with Crippen LogP contribution in [-0.2, 0) is 12.8 Å².